The molecule has 139 heavy (non-hydrogen) atoms. The number of methoxy groups -OCH3 is 5. The van der Waals surface area contributed by atoms with Crippen LogP contribution in [0.25, 0.3) is 50.6 Å². The molecule has 0 bridgehead atoms. The Hall–Kier alpha value is -10.4. The van der Waals surface area contributed by atoms with Crippen molar-refractivity contribution in [3.8, 4) is 5.95 Å². The second kappa shape index (κ2) is 39.5. The summed E-state index contributed by atoms with van der Waals surface area (Å²) >= 11 is 0. The first-order valence-electron chi connectivity index (χ1n) is 40.9. The number of hydrogen-bond acceptors (Lipinski definition) is 52. The number of aliphatic hydroxyl groups is 3. The highest BCUT2D eigenvalue weighted by Gasteiger charge is 2.59. The Balaban J connectivity index is 0.615. The normalized spacial score (nSPS) is 30.6. The number of aromatic nitrogens is 22. The summed E-state index contributed by atoms with van der Waals surface area (Å²) in [5, 5.41) is 37.8. The molecular formula is C68H89N28O38P5. The van der Waals surface area contributed by atoms with E-state index in [2.05, 4.69) is 74.9 Å². The van der Waals surface area contributed by atoms with E-state index < -0.39 is 260 Å². The molecule has 0 spiro atoms. The van der Waals surface area contributed by atoms with Crippen LogP contribution in [0.15, 0.2) is 81.4 Å². The second-order valence-corrected chi connectivity index (χ2v) is 38.5. The van der Waals surface area contributed by atoms with E-state index >= 15 is 0 Å². The monoisotopic (exact) mass is 2060 g/mol. The van der Waals surface area contributed by atoms with Gasteiger partial charge in [0.1, 0.15) is 139 Å². The maximum atomic E-state index is 15.0. The quantitative estimate of drug-likeness (QED) is 0.0162. The third-order valence-electron chi connectivity index (χ3n) is 22.9. The summed E-state index contributed by atoms with van der Waals surface area (Å²) in [6.45, 7) is -3.41. The number of nitrogen functional groups attached to an aromatic ring is 6. The summed E-state index contributed by atoms with van der Waals surface area (Å²) in [5.74, 6) is -1.59. The molecule has 17 rings (SSSR count). The van der Waals surface area contributed by atoms with E-state index in [9.17, 15) is 81.8 Å². The molecule has 11 aromatic rings. The number of nitrogens with two attached hydrogens (primary N) is 6. The number of fused-ring (bicyclic) bond motifs is 4. The smallest absolute Gasteiger partial charge is 0.394 e. The van der Waals surface area contributed by atoms with Crippen molar-refractivity contribution in [1.82, 2.24) is 107 Å². The average Bonchev–Trinajstić information content (AvgIpc) is 1.19. The van der Waals surface area contributed by atoms with Crippen molar-refractivity contribution in [3.05, 3.63) is 115 Å². The van der Waals surface area contributed by atoms with Crippen molar-refractivity contribution < 1.29 is 160 Å². The molecular weight excluding hydrogens is 1970 g/mol. The van der Waals surface area contributed by atoms with Gasteiger partial charge in [0.25, 0.3) is 17.1 Å². The third kappa shape index (κ3) is 20.1. The van der Waals surface area contributed by atoms with Gasteiger partial charge in [0.05, 0.1) is 70.6 Å². The summed E-state index contributed by atoms with van der Waals surface area (Å²) in [4.78, 5) is 167. The zero-order chi connectivity index (χ0) is 99.3. The van der Waals surface area contributed by atoms with Gasteiger partial charge in [-0.15, -0.1) is 0 Å². The molecule has 0 saturated carbocycles. The topological polar surface area (TPSA) is 899 Å². The molecule has 6 aliphatic heterocycles. The zero-order valence-electron chi connectivity index (χ0n) is 72.8. The van der Waals surface area contributed by atoms with Crippen LogP contribution in [0.3, 0.4) is 0 Å². The lowest BCUT2D eigenvalue weighted by Gasteiger charge is -2.28. The lowest BCUT2D eigenvalue weighted by molar-refractivity contribution is -0.0675. The number of ether oxygens (including phenoxy) is 11. The molecule has 17 heterocycles. The highest BCUT2D eigenvalue weighted by Crippen LogP contribution is 2.58. The Bertz CT molecular complexity index is 6930. The van der Waals surface area contributed by atoms with Crippen molar-refractivity contribution in [2.24, 2.45) is 0 Å². The first-order valence-corrected chi connectivity index (χ1v) is 48.4. The number of nitrogens with zero attached hydrogens (tertiary/aromatic N) is 20. The molecule has 6 fully saturated rings. The minimum absolute atomic E-state index is 0.00287. The number of aliphatic hydroxyl groups excluding tert-OH is 3. The van der Waals surface area contributed by atoms with Gasteiger partial charge in [0, 0.05) is 53.6 Å². The molecule has 66 nitrogen and oxygen atoms in total. The largest absolute Gasteiger partial charge is 0.472 e. The number of phosphoric ester groups is 5. The van der Waals surface area contributed by atoms with Crippen LogP contribution in [0, 0.1) is 13.8 Å². The van der Waals surface area contributed by atoms with Crippen molar-refractivity contribution in [2.45, 2.75) is 161 Å². The van der Waals surface area contributed by atoms with Crippen LogP contribution in [-0.4, -0.2) is 332 Å². The van der Waals surface area contributed by atoms with E-state index in [0.717, 1.165) is 90.2 Å². The molecule has 0 aliphatic carbocycles. The number of aromatic amines is 2. The molecule has 5 unspecified atom stereocenters. The van der Waals surface area contributed by atoms with Crippen molar-refractivity contribution >= 4 is 119 Å². The number of hydrogen-bond donors (Lipinski definition) is 16. The number of rotatable bonds is 38. The fraction of sp³-hybridized carbons (Fsp3) is 0.544. The van der Waals surface area contributed by atoms with E-state index in [1.54, 1.807) is 19.9 Å². The van der Waals surface area contributed by atoms with E-state index in [0.29, 0.717) is 11.4 Å². The predicted molar refractivity (Wildman–Crippen MR) is 457 cm³/mol. The third-order valence-corrected chi connectivity index (χ3v) is 27.8. The van der Waals surface area contributed by atoms with Gasteiger partial charge in [-0.2, -0.15) is 35.0 Å². The van der Waals surface area contributed by atoms with Gasteiger partial charge in [-0.1, -0.05) is 0 Å². The molecule has 22 N–H and O–H groups in total. The Kier molecular flexibility index (Phi) is 28.4. The minimum Gasteiger partial charge on any atom is -0.394 e. The van der Waals surface area contributed by atoms with Gasteiger partial charge < -0.3 is 126 Å². The molecule has 0 aromatic carbocycles. The summed E-state index contributed by atoms with van der Waals surface area (Å²) in [6.07, 6.45) is -34.9. The average molecular weight is 2060 g/mol. The van der Waals surface area contributed by atoms with Crippen molar-refractivity contribution in [1.29, 1.82) is 0 Å². The van der Waals surface area contributed by atoms with Crippen molar-refractivity contribution in [2.75, 3.05) is 110 Å². The lowest BCUT2D eigenvalue weighted by atomic mass is 10.1. The van der Waals surface area contributed by atoms with Crippen LogP contribution >= 0.6 is 39.1 Å². The van der Waals surface area contributed by atoms with Gasteiger partial charge in [-0.25, -0.2) is 67.0 Å². The highest BCUT2D eigenvalue weighted by molar-refractivity contribution is 7.48. The number of imidazole rings is 4. The van der Waals surface area contributed by atoms with Crippen LogP contribution in [0.4, 0.5) is 35.2 Å². The molecule has 754 valence electrons. The van der Waals surface area contributed by atoms with E-state index in [1.807, 2.05) is 0 Å². The van der Waals surface area contributed by atoms with Crippen LogP contribution in [-0.2, 0) is 120 Å². The number of nitrogens with one attached hydrogen (secondary N) is 2. The second-order valence-electron chi connectivity index (χ2n) is 31.5. The molecule has 6 saturated heterocycles. The zero-order valence-corrected chi connectivity index (χ0v) is 77.3. The van der Waals surface area contributed by atoms with Crippen molar-refractivity contribution in [3.63, 3.8) is 0 Å². The predicted octanol–water partition coefficient (Wildman–Crippen LogP) is -4.57. The molecule has 71 heteroatoms. The first-order chi connectivity index (χ1) is 66.0. The maximum Gasteiger partial charge on any atom is 0.472 e. The van der Waals surface area contributed by atoms with Crippen LogP contribution in [0.2, 0.25) is 0 Å². The minimum atomic E-state index is -5.93. The van der Waals surface area contributed by atoms with E-state index in [1.165, 1.54) is 33.6 Å². The summed E-state index contributed by atoms with van der Waals surface area (Å²) in [5.41, 5.74) is 32.2. The Morgan fingerprint density at radius 2 is 0.719 bits per heavy atom. The summed E-state index contributed by atoms with van der Waals surface area (Å²) < 4.78 is 203. The molecule has 6 aliphatic rings. The Labute approximate surface area is 774 Å². The summed E-state index contributed by atoms with van der Waals surface area (Å²) in [7, 11) is -23.5. The van der Waals surface area contributed by atoms with Gasteiger partial charge in [-0.05, 0) is 32.0 Å². The highest BCUT2D eigenvalue weighted by atomic mass is 31.2. The van der Waals surface area contributed by atoms with Crippen LogP contribution < -0.4 is 56.9 Å². The van der Waals surface area contributed by atoms with E-state index in [4.69, 9.17) is 132 Å². The van der Waals surface area contributed by atoms with Crippen LogP contribution in [0.5, 0.6) is 0 Å². The van der Waals surface area contributed by atoms with Gasteiger partial charge in [0.15, 0.2) is 82.6 Å². The SMILES string of the molecule is CO[C@@H]1[C@H](OP(=O)(O)OC[C@H]2O[C@@H](n3cnc4c(N)nc(-n5nc(C)cc5C)nc43)[C@H](O)[C@@H]2O)[C@@H](COP(=O)(O)O[C@H]2[C@@H](OC)[C@H](n3cnc4c(=O)[nH]c(N)nc43)O[C@@H]2COP(=O)(O)O[C@H]2[C@@H](OC)[C@H](n3ccc(N)nc3=O)O[C@@H]2COP(=O)(O)O[C@H]2[C@@H](OC)[C@H](n3cnc4c(=O)[nH]c(N)nc43)O[C@@H]2COP(=O)(O)O[C@H]2[C@@H](OC)[C@H](n3cnc4c(N)ncnc43)O[C@@H]2CO)O[C@H]1n1ccc(N)nc1=O. The summed E-state index contributed by atoms with van der Waals surface area (Å²) in [6, 6.07) is 4.03. The molecule has 0 amide bonds. The maximum absolute atomic E-state index is 15.0. The Morgan fingerprint density at radius 3 is 1.09 bits per heavy atom. The first kappa shape index (κ1) is 100. The standard InChI is InChI=1S/C68H89N28O38P5/c1-24-12-25(2)96(89-24)66-83-51(72)35-53(86-66)93(21-78-35)58-39(99)38(98)27(125-58)14-119-135(104,105)131-41-28(126-59(46(41)115-4)90-10-8-32(69)81-67(90)102)15-121-138(110,111)134-44-31(129-63(49(44)118-7)95-23-80-37-55(95)85-65(74)88-57(37)101)18-123-137(108,109)132-42-29(127-60(47(42)116-5)91-11-9-33(70)82-68(91)103)16-122-139(112,113)133-43-30(128-62(48(43)117-6)94-22-79-36-54(94)84-64(73)87-56(36)100)17-120-136(106,107)130-40-26(13-97)124-61(45(40)114-3)92-20-77-34-50(71)75-19-76-52(34)92/h8-12,19-23,26-31,38-49,58-63,97-99H,13-18H2,1-7H3,(H,104,105)(H,106,107)(H,108,109)(H,110,111)(H,112,113)(H2,69,81,102)(H2,70,82,103)(H2,71,75,76)(H2,72,83,86)(H3,73,84,87,100)(H3,74,85,88,101)/t26-,27-,28-,29-,30-,31-,38-,39-,40-,41-,42-,43-,44-,45-,46-,47-,48-,49-,58-,59-,60-,61-,62-,63-/m1/s1. The number of anilines is 6. The van der Waals surface area contributed by atoms with Gasteiger partial charge in [-0.3, -0.25) is 92.2 Å². The molecule has 11 aromatic heterocycles. The molecule has 29 atom stereocenters. The van der Waals surface area contributed by atoms with Gasteiger partial charge >= 0.3 is 50.5 Å². The number of aryl methyl sites for hydroxylation is 2. The molecule has 0 radical (unpaired) electrons. The van der Waals surface area contributed by atoms with E-state index in [-0.39, 0.29) is 73.9 Å². The number of phosphoric acid groups is 5. The van der Waals surface area contributed by atoms with Gasteiger partial charge in [0.2, 0.25) is 11.9 Å². The fourth-order valence-electron chi connectivity index (χ4n) is 16.7. The number of H-pyrrole nitrogens is 2. The Morgan fingerprint density at radius 1 is 0.388 bits per heavy atom. The lowest BCUT2D eigenvalue weighted by Crippen LogP contribution is -2.40. The fourth-order valence-corrected chi connectivity index (χ4v) is 21.5. The van der Waals surface area contributed by atoms with Crippen LogP contribution in [0.1, 0.15) is 48.8 Å².